The molecule has 1 N–H and O–H groups in total. The second-order valence-corrected chi connectivity index (χ2v) is 5.69. The Bertz CT molecular complexity index is 289. The van der Waals surface area contributed by atoms with Gasteiger partial charge >= 0.3 is 13.3 Å². The Kier molecular flexibility index (Phi) is 5.04. The molecule has 1 saturated heterocycles. The van der Waals surface area contributed by atoms with Crippen LogP contribution in [0.25, 0.3) is 0 Å². The van der Waals surface area contributed by atoms with Crippen LogP contribution >= 0.6 is 7.60 Å². The molecule has 8 heteroatoms. The molecule has 1 heterocycles. The smallest absolute Gasteiger partial charge is 0.368 e. The summed E-state index contributed by atoms with van der Waals surface area (Å²) in [4.78, 5) is 0. The van der Waals surface area contributed by atoms with Crippen molar-refractivity contribution >= 4 is 7.60 Å². The van der Waals surface area contributed by atoms with Crippen molar-refractivity contribution in [2.75, 3.05) is 13.2 Å². The van der Waals surface area contributed by atoms with Crippen molar-refractivity contribution in [2.45, 2.75) is 44.7 Å². The van der Waals surface area contributed by atoms with E-state index in [0.29, 0.717) is 0 Å². The molecule has 2 atom stereocenters. The molecule has 0 aliphatic carbocycles. The highest BCUT2D eigenvalue weighted by atomic mass is 31.2. The predicted octanol–water partition coefficient (Wildman–Crippen LogP) is 2.34. The summed E-state index contributed by atoms with van der Waals surface area (Å²) in [6.07, 6.45) is -2.89. The van der Waals surface area contributed by atoms with Crippen molar-refractivity contribution in [1.82, 2.24) is 0 Å². The first-order chi connectivity index (χ1) is 7.87. The normalized spacial score (nSPS) is 26.4. The summed E-state index contributed by atoms with van der Waals surface area (Å²) in [5.41, 5.74) is -3.75. The fourth-order valence-electron chi connectivity index (χ4n) is 1.60. The van der Waals surface area contributed by atoms with Crippen LogP contribution in [0.1, 0.15) is 26.7 Å². The van der Waals surface area contributed by atoms with Gasteiger partial charge in [0.2, 0.25) is 0 Å². The molecule has 0 amide bonds. The van der Waals surface area contributed by atoms with Crippen LogP contribution in [0.3, 0.4) is 0 Å². The summed E-state index contributed by atoms with van der Waals surface area (Å²) in [6.45, 7) is 2.60. The molecular formula is C9H17F2O5P. The Morgan fingerprint density at radius 3 is 2.24 bits per heavy atom. The van der Waals surface area contributed by atoms with Gasteiger partial charge in [0.15, 0.2) is 6.29 Å². The number of ether oxygens (including phenoxy) is 1. The highest BCUT2D eigenvalue weighted by molar-refractivity contribution is 7.55. The van der Waals surface area contributed by atoms with Gasteiger partial charge in [-0.05, 0) is 20.3 Å². The summed E-state index contributed by atoms with van der Waals surface area (Å²) in [6, 6.07) is 0. The molecule has 0 spiro atoms. The highest BCUT2D eigenvalue weighted by Crippen LogP contribution is 2.64. The average Bonchev–Trinajstić information content (AvgIpc) is 2.66. The van der Waals surface area contributed by atoms with E-state index in [9.17, 15) is 13.3 Å². The van der Waals surface area contributed by atoms with Gasteiger partial charge in [0, 0.05) is 6.42 Å². The Balaban J connectivity index is 2.87. The van der Waals surface area contributed by atoms with E-state index < -0.39 is 25.7 Å². The van der Waals surface area contributed by atoms with E-state index in [-0.39, 0.29) is 26.1 Å². The van der Waals surface area contributed by atoms with Crippen molar-refractivity contribution < 1.29 is 32.2 Å². The number of aliphatic hydroxyl groups excluding tert-OH is 1. The van der Waals surface area contributed by atoms with Crippen LogP contribution < -0.4 is 0 Å². The zero-order chi connectivity index (χ0) is 13.1. The number of rotatable bonds is 6. The van der Waals surface area contributed by atoms with Gasteiger partial charge in [0.1, 0.15) is 6.10 Å². The van der Waals surface area contributed by atoms with E-state index in [1.54, 1.807) is 0 Å². The number of halogens is 2. The molecule has 5 nitrogen and oxygen atoms in total. The molecule has 0 aromatic heterocycles. The largest absolute Gasteiger partial charge is 0.402 e. The van der Waals surface area contributed by atoms with Crippen molar-refractivity contribution in [3.05, 3.63) is 0 Å². The minimum atomic E-state index is -4.57. The third-order valence-corrected chi connectivity index (χ3v) is 4.56. The molecule has 1 aliphatic heterocycles. The summed E-state index contributed by atoms with van der Waals surface area (Å²) in [5.74, 6) is 0. The average molecular weight is 274 g/mol. The first kappa shape index (κ1) is 15.0. The maximum atomic E-state index is 14.0. The first-order valence-corrected chi connectivity index (χ1v) is 7.02. The van der Waals surface area contributed by atoms with E-state index >= 15 is 0 Å². The zero-order valence-corrected chi connectivity index (χ0v) is 10.7. The van der Waals surface area contributed by atoms with Crippen molar-refractivity contribution in [2.24, 2.45) is 0 Å². The van der Waals surface area contributed by atoms with Gasteiger partial charge in [-0.3, -0.25) is 4.57 Å². The summed E-state index contributed by atoms with van der Waals surface area (Å²) in [5, 5.41) is 9.06. The van der Waals surface area contributed by atoms with Gasteiger partial charge in [-0.1, -0.05) is 0 Å². The molecular weight excluding hydrogens is 257 g/mol. The Morgan fingerprint density at radius 2 is 1.88 bits per heavy atom. The Labute approximate surface area is 98.6 Å². The molecule has 17 heavy (non-hydrogen) atoms. The number of aliphatic hydroxyl groups is 1. The SMILES string of the molecule is CCOP(=O)(OCC)C(F)(F)[C@@H]1CCC(O)O1. The van der Waals surface area contributed by atoms with Crippen molar-refractivity contribution in [3.8, 4) is 0 Å². The van der Waals surface area contributed by atoms with Gasteiger partial charge in [0.05, 0.1) is 13.2 Å². The van der Waals surface area contributed by atoms with Gasteiger partial charge in [-0.2, -0.15) is 8.78 Å². The zero-order valence-electron chi connectivity index (χ0n) is 9.77. The van der Waals surface area contributed by atoms with Crippen LogP contribution in [-0.4, -0.2) is 36.4 Å². The van der Waals surface area contributed by atoms with Gasteiger partial charge in [0.25, 0.3) is 0 Å². The fourth-order valence-corrected chi connectivity index (χ4v) is 3.24. The Morgan fingerprint density at radius 1 is 1.35 bits per heavy atom. The Hall–Kier alpha value is -0.0700. The van der Waals surface area contributed by atoms with Crippen molar-refractivity contribution in [1.29, 1.82) is 0 Å². The quantitative estimate of drug-likeness (QED) is 0.753. The molecule has 1 rings (SSSR count). The minimum absolute atomic E-state index is 0.0819. The maximum absolute atomic E-state index is 14.0. The fraction of sp³-hybridized carbons (Fsp3) is 1.00. The lowest BCUT2D eigenvalue weighted by Gasteiger charge is -2.29. The van der Waals surface area contributed by atoms with Crippen LogP contribution in [0, 0.1) is 0 Å². The maximum Gasteiger partial charge on any atom is 0.402 e. The number of alkyl halides is 2. The third kappa shape index (κ3) is 3.03. The summed E-state index contributed by atoms with van der Waals surface area (Å²) in [7, 11) is -4.57. The first-order valence-electron chi connectivity index (χ1n) is 5.48. The minimum Gasteiger partial charge on any atom is -0.368 e. The number of hydrogen-bond donors (Lipinski definition) is 1. The van der Waals surface area contributed by atoms with Gasteiger partial charge in [-0.15, -0.1) is 0 Å². The van der Waals surface area contributed by atoms with E-state index in [1.165, 1.54) is 13.8 Å². The third-order valence-electron chi connectivity index (χ3n) is 2.35. The molecule has 1 unspecified atom stereocenters. The number of hydrogen-bond acceptors (Lipinski definition) is 5. The highest BCUT2D eigenvalue weighted by Gasteiger charge is 2.61. The van der Waals surface area contributed by atoms with Gasteiger partial charge < -0.3 is 18.9 Å². The molecule has 1 aliphatic rings. The lowest BCUT2D eigenvalue weighted by atomic mass is 10.2. The van der Waals surface area contributed by atoms with Crippen LogP contribution in [0.2, 0.25) is 0 Å². The molecule has 0 saturated carbocycles. The lowest BCUT2D eigenvalue weighted by molar-refractivity contribution is -0.150. The standard InChI is InChI=1S/C9H17F2O5P/c1-3-14-17(13,15-4-2)9(10,11)7-5-6-8(12)16-7/h7-8,12H,3-6H2,1-2H3/t7-,8?/m0/s1. The summed E-state index contributed by atoms with van der Waals surface area (Å²) >= 11 is 0. The van der Waals surface area contributed by atoms with E-state index in [1.807, 2.05) is 0 Å². The van der Waals surface area contributed by atoms with Crippen LogP contribution in [-0.2, 0) is 18.3 Å². The monoisotopic (exact) mass is 274 g/mol. The predicted molar refractivity (Wildman–Crippen MR) is 55.9 cm³/mol. The van der Waals surface area contributed by atoms with Crippen molar-refractivity contribution in [3.63, 3.8) is 0 Å². The molecule has 0 bridgehead atoms. The van der Waals surface area contributed by atoms with Crippen LogP contribution in [0.5, 0.6) is 0 Å². The molecule has 0 aromatic rings. The van der Waals surface area contributed by atoms with E-state index in [4.69, 9.17) is 5.11 Å². The molecule has 0 radical (unpaired) electrons. The second-order valence-electron chi connectivity index (χ2n) is 3.58. The topological polar surface area (TPSA) is 65.0 Å². The van der Waals surface area contributed by atoms with E-state index in [0.717, 1.165) is 0 Å². The van der Waals surface area contributed by atoms with Gasteiger partial charge in [-0.25, -0.2) is 0 Å². The lowest BCUT2D eigenvalue weighted by Crippen LogP contribution is -2.35. The molecule has 0 aromatic carbocycles. The summed E-state index contributed by atoms with van der Waals surface area (Å²) < 4.78 is 53.8. The second kappa shape index (κ2) is 5.71. The molecule has 1 fully saturated rings. The van der Waals surface area contributed by atoms with E-state index in [2.05, 4.69) is 13.8 Å². The van der Waals surface area contributed by atoms with Crippen LogP contribution in [0.15, 0.2) is 0 Å². The molecule has 102 valence electrons. The van der Waals surface area contributed by atoms with Crippen LogP contribution in [0.4, 0.5) is 8.78 Å².